The molecule has 1 fully saturated rings. The summed E-state index contributed by atoms with van der Waals surface area (Å²) in [6.07, 6.45) is 3.54. The summed E-state index contributed by atoms with van der Waals surface area (Å²) in [5, 5.41) is 14.1. The van der Waals surface area contributed by atoms with Gasteiger partial charge in [0.15, 0.2) is 0 Å². The number of alkyl halides is 1. The molecule has 0 saturated carbocycles. The van der Waals surface area contributed by atoms with Crippen molar-refractivity contribution < 1.29 is 5.11 Å². The van der Waals surface area contributed by atoms with Gasteiger partial charge in [-0.1, -0.05) is 22.9 Å². The second kappa shape index (κ2) is 6.52. The average Bonchev–Trinajstić information content (AvgIpc) is 2.41. The van der Waals surface area contributed by atoms with Crippen LogP contribution in [0, 0.1) is 5.92 Å². The molecule has 2 heterocycles. The fourth-order valence-corrected chi connectivity index (χ4v) is 2.61. The molecule has 5 nitrogen and oxygen atoms in total. The standard InChI is InChI=1S/C13H20BrN3O2/c1-10-3-2-4-16(8-10)11-5-13(19)17(15-7-11)9-12(18)6-14/h5,7,10,12,18H,2-4,6,8-9H2,1H3. The Balaban J connectivity index is 2.12. The third kappa shape index (κ3) is 3.79. The molecule has 6 heteroatoms. The summed E-state index contributed by atoms with van der Waals surface area (Å²) in [5.74, 6) is 0.659. The van der Waals surface area contributed by atoms with E-state index in [1.807, 2.05) is 0 Å². The van der Waals surface area contributed by atoms with Crippen LogP contribution in [-0.2, 0) is 6.54 Å². The number of halogens is 1. The average molecular weight is 330 g/mol. The van der Waals surface area contributed by atoms with Crippen LogP contribution >= 0.6 is 15.9 Å². The van der Waals surface area contributed by atoms with Crippen LogP contribution < -0.4 is 10.5 Å². The normalized spacial score (nSPS) is 21.4. The Labute approximate surface area is 121 Å². The molecule has 0 radical (unpaired) electrons. The van der Waals surface area contributed by atoms with E-state index in [2.05, 4.69) is 32.9 Å². The number of hydrogen-bond acceptors (Lipinski definition) is 4. The zero-order chi connectivity index (χ0) is 13.8. The van der Waals surface area contributed by atoms with Gasteiger partial charge in [0.05, 0.1) is 24.5 Å². The highest BCUT2D eigenvalue weighted by atomic mass is 79.9. The van der Waals surface area contributed by atoms with Gasteiger partial charge in [-0.2, -0.15) is 5.10 Å². The molecule has 0 aliphatic carbocycles. The highest BCUT2D eigenvalue weighted by Gasteiger charge is 2.17. The van der Waals surface area contributed by atoms with Crippen LogP contribution in [-0.4, -0.2) is 39.4 Å². The number of anilines is 1. The number of aliphatic hydroxyl groups is 1. The Morgan fingerprint density at radius 3 is 3.05 bits per heavy atom. The highest BCUT2D eigenvalue weighted by molar-refractivity contribution is 9.09. The molecule has 0 bridgehead atoms. The van der Waals surface area contributed by atoms with Crippen LogP contribution in [0.3, 0.4) is 0 Å². The molecule has 0 aromatic carbocycles. The fourth-order valence-electron chi connectivity index (χ4n) is 2.41. The molecule has 1 N–H and O–H groups in total. The van der Waals surface area contributed by atoms with E-state index in [1.165, 1.54) is 11.1 Å². The van der Waals surface area contributed by atoms with Crippen molar-refractivity contribution >= 4 is 21.6 Å². The summed E-state index contributed by atoms with van der Waals surface area (Å²) in [7, 11) is 0. The van der Waals surface area contributed by atoms with Gasteiger partial charge >= 0.3 is 0 Å². The van der Waals surface area contributed by atoms with E-state index in [9.17, 15) is 9.90 Å². The number of nitrogens with zero attached hydrogens (tertiary/aromatic N) is 3. The van der Waals surface area contributed by atoms with E-state index in [0.29, 0.717) is 11.2 Å². The minimum atomic E-state index is -0.592. The van der Waals surface area contributed by atoms with Crippen molar-refractivity contribution in [1.29, 1.82) is 0 Å². The lowest BCUT2D eigenvalue weighted by molar-refractivity contribution is 0.172. The maximum atomic E-state index is 12.0. The van der Waals surface area contributed by atoms with Crippen LogP contribution in [0.1, 0.15) is 19.8 Å². The predicted octanol–water partition coefficient (Wildman–Crippen LogP) is 1.24. The Kier molecular flexibility index (Phi) is 4.99. The van der Waals surface area contributed by atoms with Crippen LogP contribution in [0.25, 0.3) is 0 Å². The Morgan fingerprint density at radius 1 is 1.63 bits per heavy atom. The lowest BCUT2D eigenvalue weighted by Crippen LogP contribution is -2.36. The summed E-state index contributed by atoms with van der Waals surface area (Å²) in [6, 6.07) is 1.62. The predicted molar refractivity (Wildman–Crippen MR) is 78.9 cm³/mol. The number of piperidine rings is 1. The largest absolute Gasteiger partial charge is 0.390 e. The molecule has 2 atom stereocenters. The first-order chi connectivity index (χ1) is 9.10. The van der Waals surface area contributed by atoms with E-state index in [4.69, 9.17) is 0 Å². The first kappa shape index (κ1) is 14.5. The molecule has 2 unspecified atom stereocenters. The molecule has 2 rings (SSSR count). The molecule has 1 aliphatic rings. The molecule has 19 heavy (non-hydrogen) atoms. The second-order valence-corrected chi connectivity index (χ2v) is 5.88. The van der Waals surface area contributed by atoms with Crippen molar-refractivity contribution in [2.45, 2.75) is 32.4 Å². The molecular weight excluding hydrogens is 310 g/mol. The second-order valence-electron chi connectivity index (χ2n) is 5.24. The number of rotatable bonds is 4. The van der Waals surface area contributed by atoms with Gasteiger partial charge in [0.1, 0.15) is 0 Å². The Hall–Kier alpha value is -0.880. The first-order valence-corrected chi connectivity index (χ1v) is 7.78. The molecule has 1 aromatic rings. The fraction of sp³-hybridized carbons (Fsp3) is 0.692. The lowest BCUT2D eigenvalue weighted by Gasteiger charge is -2.32. The van der Waals surface area contributed by atoms with E-state index >= 15 is 0 Å². The maximum absolute atomic E-state index is 12.0. The van der Waals surface area contributed by atoms with E-state index < -0.39 is 6.10 Å². The molecule has 106 valence electrons. The van der Waals surface area contributed by atoms with Gasteiger partial charge in [-0.15, -0.1) is 0 Å². The molecule has 0 spiro atoms. The van der Waals surface area contributed by atoms with E-state index in [-0.39, 0.29) is 12.1 Å². The van der Waals surface area contributed by atoms with Crippen molar-refractivity contribution in [2.75, 3.05) is 23.3 Å². The number of aromatic nitrogens is 2. The van der Waals surface area contributed by atoms with Crippen molar-refractivity contribution in [2.24, 2.45) is 5.92 Å². The quantitative estimate of drug-likeness (QED) is 0.844. The number of aliphatic hydroxyl groups excluding tert-OH is 1. The molecular formula is C13H20BrN3O2. The van der Waals surface area contributed by atoms with Crippen LogP contribution in [0.15, 0.2) is 17.1 Å². The summed E-state index contributed by atoms with van der Waals surface area (Å²) in [4.78, 5) is 14.2. The Bertz CT molecular complexity index is 477. The van der Waals surface area contributed by atoms with Gasteiger partial charge < -0.3 is 10.0 Å². The summed E-state index contributed by atoms with van der Waals surface area (Å²) < 4.78 is 1.31. The van der Waals surface area contributed by atoms with Crippen molar-refractivity contribution in [1.82, 2.24) is 9.78 Å². The molecule has 1 aliphatic heterocycles. The first-order valence-electron chi connectivity index (χ1n) is 6.66. The third-order valence-corrected chi connectivity index (χ3v) is 4.19. The SMILES string of the molecule is CC1CCCN(c2cnn(CC(O)CBr)c(=O)c2)C1. The molecule has 1 saturated heterocycles. The minimum absolute atomic E-state index is 0.157. The molecule has 1 aromatic heterocycles. The van der Waals surface area contributed by atoms with Gasteiger partial charge in [0, 0.05) is 24.5 Å². The monoisotopic (exact) mass is 329 g/mol. The summed E-state index contributed by atoms with van der Waals surface area (Å²) in [5.41, 5.74) is 0.733. The zero-order valence-electron chi connectivity index (χ0n) is 11.1. The minimum Gasteiger partial charge on any atom is -0.390 e. The number of hydrogen-bond donors (Lipinski definition) is 1. The van der Waals surface area contributed by atoms with Crippen LogP contribution in [0.4, 0.5) is 5.69 Å². The van der Waals surface area contributed by atoms with E-state index in [0.717, 1.165) is 25.2 Å². The van der Waals surface area contributed by atoms with Gasteiger partial charge in [-0.25, -0.2) is 4.68 Å². The van der Waals surface area contributed by atoms with Gasteiger partial charge in [-0.3, -0.25) is 4.79 Å². The summed E-state index contributed by atoms with van der Waals surface area (Å²) >= 11 is 3.18. The van der Waals surface area contributed by atoms with Crippen molar-refractivity contribution in [3.63, 3.8) is 0 Å². The van der Waals surface area contributed by atoms with Crippen LogP contribution in [0.5, 0.6) is 0 Å². The van der Waals surface area contributed by atoms with Crippen LogP contribution in [0.2, 0.25) is 0 Å². The maximum Gasteiger partial charge on any atom is 0.268 e. The summed E-state index contributed by atoms with van der Waals surface area (Å²) in [6.45, 7) is 4.42. The van der Waals surface area contributed by atoms with Crippen molar-refractivity contribution in [3.8, 4) is 0 Å². The van der Waals surface area contributed by atoms with Gasteiger partial charge in [0.2, 0.25) is 0 Å². The zero-order valence-corrected chi connectivity index (χ0v) is 12.7. The van der Waals surface area contributed by atoms with Gasteiger partial charge in [0.25, 0.3) is 5.56 Å². The van der Waals surface area contributed by atoms with Crippen molar-refractivity contribution in [3.05, 3.63) is 22.6 Å². The third-order valence-electron chi connectivity index (χ3n) is 3.44. The Morgan fingerprint density at radius 2 is 2.42 bits per heavy atom. The van der Waals surface area contributed by atoms with E-state index in [1.54, 1.807) is 12.3 Å². The topological polar surface area (TPSA) is 58.4 Å². The lowest BCUT2D eigenvalue weighted by atomic mass is 10.00. The van der Waals surface area contributed by atoms with Gasteiger partial charge in [-0.05, 0) is 18.8 Å². The highest BCUT2D eigenvalue weighted by Crippen LogP contribution is 2.20. The molecule has 0 amide bonds. The smallest absolute Gasteiger partial charge is 0.268 e.